The van der Waals surface area contributed by atoms with Crippen molar-refractivity contribution in [2.75, 3.05) is 7.11 Å². The molecule has 1 amide bonds. The van der Waals surface area contributed by atoms with Crippen molar-refractivity contribution in [1.29, 1.82) is 0 Å². The highest BCUT2D eigenvalue weighted by atomic mass is 19.1. The molecule has 30 heavy (non-hydrogen) atoms. The van der Waals surface area contributed by atoms with Gasteiger partial charge in [-0.2, -0.15) is 0 Å². The van der Waals surface area contributed by atoms with Crippen LogP contribution in [0.3, 0.4) is 0 Å². The van der Waals surface area contributed by atoms with Gasteiger partial charge in [0.1, 0.15) is 17.4 Å². The number of amides is 1. The van der Waals surface area contributed by atoms with Gasteiger partial charge in [-0.3, -0.25) is 4.79 Å². The van der Waals surface area contributed by atoms with E-state index in [9.17, 15) is 18.7 Å². The Morgan fingerprint density at radius 3 is 2.27 bits per heavy atom. The number of carbonyl (C=O) groups excluding carboxylic acids is 1. The first-order valence-corrected chi connectivity index (χ1v) is 9.37. The Balaban J connectivity index is 1.81. The molecule has 1 atom stereocenters. The van der Waals surface area contributed by atoms with Crippen molar-refractivity contribution in [2.24, 2.45) is 0 Å². The molecule has 1 aliphatic heterocycles. The average Bonchev–Trinajstić information content (AvgIpc) is 3.00. The van der Waals surface area contributed by atoms with Crippen LogP contribution >= 0.6 is 0 Å². The summed E-state index contributed by atoms with van der Waals surface area (Å²) in [5, 5.41) is 10.7. The highest BCUT2D eigenvalue weighted by molar-refractivity contribution is 6.05. The number of aliphatic hydroxyl groups is 1. The van der Waals surface area contributed by atoms with Gasteiger partial charge in [-0.25, -0.2) is 8.78 Å². The third-order valence-corrected chi connectivity index (χ3v) is 5.17. The van der Waals surface area contributed by atoms with E-state index in [0.717, 1.165) is 0 Å². The van der Waals surface area contributed by atoms with E-state index in [2.05, 4.69) is 0 Å². The molecule has 0 unspecified atom stereocenters. The zero-order valence-corrected chi connectivity index (χ0v) is 16.2. The summed E-state index contributed by atoms with van der Waals surface area (Å²) in [6.45, 7) is 0.0851. The first kappa shape index (κ1) is 19.6. The normalized spacial score (nSPS) is 16.3. The fourth-order valence-electron chi connectivity index (χ4n) is 3.69. The van der Waals surface area contributed by atoms with Gasteiger partial charge in [0, 0.05) is 17.7 Å². The highest BCUT2D eigenvalue weighted by Crippen LogP contribution is 2.44. The summed E-state index contributed by atoms with van der Waals surface area (Å²) in [7, 11) is 1.54. The topological polar surface area (TPSA) is 49.8 Å². The van der Waals surface area contributed by atoms with E-state index in [0.29, 0.717) is 22.4 Å². The number of rotatable bonds is 5. The summed E-state index contributed by atoms with van der Waals surface area (Å²) >= 11 is 0. The molecular formula is C24H19F2NO3. The molecule has 0 bridgehead atoms. The van der Waals surface area contributed by atoms with Crippen LogP contribution in [0.4, 0.5) is 8.78 Å². The summed E-state index contributed by atoms with van der Waals surface area (Å²) in [6.07, 6.45) is 0. The maximum absolute atomic E-state index is 14.8. The van der Waals surface area contributed by atoms with Gasteiger partial charge >= 0.3 is 0 Å². The van der Waals surface area contributed by atoms with Crippen molar-refractivity contribution in [3.63, 3.8) is 0 Å². The molecule has 1 N–H and O–H groups in total. The number of carbonyl (C=O) groups is 1. The molecule has 0 saturated heterocycles. The monoisotopic (exact) mass is 407 g/mol. The predicted molar refractivity (Wildman–Crippen MR) is 109 cm³/mol. The average molecular weight is 407 g/mol. The van der Waals surface area contributed by atoms with Crippen molar-refractivity contribution in [1.82, 2.24) is 4.90 Å². The lowest BCUT2D eigenvalue weighted by molar-refractivity contribution is -0.130. The van der Waals surface area contributed by atoms with E-state index in [1.54, 1.807) is 54.6 Å². The minimum Gasteiger partial charge on any atom is -0.503 e. The summed E-state index contributed by atoms with van der Waals surface area (Å²) in [6, 6.07) is 17.9. The SMILES string of the molecule is COc1ccc(C2=C(O)C(=O)N(Cc3ccc(F)cc3)[C@@H]2c2ccccc2F)cc1. The van der Waals surface area contributed by atoms with Crippen LogP contribution in [0.1, 0.15) is 22.7 Å². The summed E-state index contributed by atoms with van der Waals surface area (Å²) < 4.78 is 33.2. The van der Waals surface area contributed by atoms with Crippen molar-refractivity contribution in [3.05, 3.63) is 107 Å². The predicted octanol–water partition coefficient (Wildman–Crippen LogP) is 5.03. The Morgan fingerprint density at radius 1 is 0.967 bits per heavy atom. The highest BCUT2D eigenvalue weighted by Gasteiger charge is 2.42. The Kier molecular flexibility index (Phi) is 5.23. The van der Waals surface area contributed by atoms with Crippen LogP contribution in [0.15, 0.2) is 78.6 Å². The lowest BCUT2D eigenvalue weighted by Crippen LogP contribution is -2.30. The quantitative estimate of drug-likeness (QED) is 0.646. The van der Waals surface area contributed by atoms with Crippen LogP contribution in [0.5, 0.6) is 5.75 Å². The molecule has 1 heterocycles. The molecule has 4 nitrogen and oxygen atoms in total. The molecule has 3 aromatic carbocycles. The van der Waals surface area contributed by atoms with E-state index < -0.39 is 29.3 Å². The molecule has 6 heteroatoms. The Morgan fingerprint density at radius 2 is 1.63 bits per heavy atom. The maximum atomic E-state index is 14.8. The molecule has 1 aliphatic rings. The van der Waals surface area contributed by atoms with Crippen LogP contribution < -0.4 is 4.74 Å². The fourth-order valence-corrected chi connectivity index (χ4v) is 3.69. The second kappa shape index (κ2) is 7.99. The van der Waals surface area contributed by atoms with Crippen molar-refractivity contribution >= 4 is 11.5 Å². The number of halogens is 2. The van der Waals surface area contributed by atoms with Gasteiger partial charge < -0.3 is 14.7 Å². The second-order valence-electron chi connectivity index (χ2n) is 6.97. The van der Waals surface area contributed by atoms with Crippen LogP contribution in [0, 0.1) is 11.6 Å². The van der Waals surface area contributed by atoms with Crippen LogP contribution in [0.2, 0.25) is 0 Å². The number of nitrogens with zero attached hydrogens (tertiary/aromatic N) is 1. The summed E-state index contributed by atoms with van der Waals surface area (Å²) in [5.74, 6) is -1.31. The van der Waals surface area contributed by atoms with Crippen LogP contribution in [-0.4, -0.2) is 23.0 Å². The number of methoxy groups -OCH3 is 1. The van der Waals surface area contributed by atoms with E-state index in [1.165, 1.54) is 30.2 Å². The molecular weight excluding hydrogens is 388 g/mol. The van der Waals surface area contributed by atoms with Gasteiger partial charge in [0.05, 0.1) is 13.2 Å². The molecule has 4 rings (SSSR count). The summed E-state index contributed by atoms with van der Waals surface area (Å²) in [5.41, 5.74) is 1.82. The van der Waals surface area contributed by atoms with Gasteiger partial charge in [0.15, 0.2) is 5.76 Å². The zero-order valence-electron chi connectivity index (χ0n) is 16.2. The Labute approximate surface area is 172 Å². The van der Waals surface area contributed by atoms with Gasteiger partial charge in [0.2, 0.25) is 0 Å². The third-order valence-electron chi connectivity index (χ3n) is 5.17. The zero-order chi connectivity index (χ0) is 21.3. The van der Waals surface area contributed by atoms with E-state index in [1.807, 2.05) is 0 Å². The number of hydrogen-bond donors (Lipinski definition) is 1. The number of aliphatic hydroxyl groups excluding tert-OH is 1. The van der Waals surface area contributed by atoms with Crippen LogP contribution in [0.25, 0.3) is 5.57 Å². The van der Waals surface area contributed by atoms with Gasteiger partial charge in [-0.15, -0.1) is 0 Å². The molecule has 0 spiro atoms. The minimum absolute atomic E-state index is 0.0851. The smallest absolute Gasteiger partial charge is 0.290 e. The van der Waals surface area contributed by atoms with Gasteiger partial charge in [-0.05, 0) is 41.5 Å². The second-order valence-corrected chi connectivity index (χ2v) is 6.97. The van der Waals surface area contributed by atoms with Gasteiger partial charge in [-0.1, -0.05) is 42.5 Å². The Hall–Kier alpha value is -3.67. The first-order chi connectivity index (χ1) is 14.5. The fraction of sp³-hybridized carbons (Fsp3) is 0.125. The van der Waals surface area contributed by atoms with E-state index >= 15 is 0 Å². The van der Waals surface area contributed by atoms with Crippen molar-refractivity contribution < 1.29 is 23.4 Å². The van der Waals surface area contributed by atoms with Crippen molar-refractivity contribution in [3.8, 4) is 5.75 Å². The molecule has 0 aliphatic carbocycles. The Bertz CT molecular complexity index is 1110. The van der Waals surface area contributed by atoms with E-state index in [4.69, 9.17) is 4.74 Å². The minimum atomic E-state index is -0.836. The number of ether oxygens (including phenoxy) is 1. The number of benzene rings is 3. The van der Waals surface area contributed by atoms with Crippen LogP contribution in [-0.2, 0) is 11.3 Å². The first-order valence-electron chi connectivity index (χ1n) is 9.37. The number of hydrogen-bond acceptors (Lipinski definition) is 3. The third kappa shape index (κ3) is 3.52. The lowest BCUT2D eigenvalue weighted by Gasteiger charge is -2.28. The maximum Gasteiger partial charge on any atom is 0.290 e. The summed E-state index contributed by atoms with van der Waals surface area (Å²) in [4.78, 5) is 14.4. The van der Waals surface area contributed by atoms with Gasteiger partial charge in [0.25, 0.3) is 5.91 Å². The molecule has 0 saturated carbocycles. The standard InChI is InChI=1S/C24H19F2NO3/c1-30-18-12-8-16(9-13-18)21-22(19-4-2-3-5-20(19)26)27(24(29)23(21)28)14-15-6-10-17(25)11-7-15/h2-13,22,28H,14H2,1H3/t22-/m1/s1. The van der Waals surface area contributed by atoms with E-state index in [-0.39, 0.29) is 12.1 Å². The molecule has 3 aromatic rings. The molecule has 0 aromatic heterocycles. The molecule has 0 radical (unpaired) electrons. The lowest BCUT2D eigenvalue weighted by atomic mass is 9.93. The largest absolute Gasteiger partial charge is 0.503 e. The molecule has 152 valence electrons. The molecule has 0 fully saturated rings. The van der Waals surface area contributed by atoms with Crippen molar-refractivity contribution in [2.45, 2.75) is 12.6 Å².